The van der Waals surface area contributed by atoms with Crippen molar-refractivity contribution in [1.82, 2.24) is 0 Å². The molecule has 0 aromatic heterocycles. The van der Waals surface area contributed by atoms with E-state index in [9.17, 15) is 0 Å². The standard InChI is InChI=1S/C10H17N3/c1-3-13(4-2)10-6-5-8(11)7-9(10)12/h5-7H,3-4,11-12H2,1-2H3. The van der Waals surface area contributed by atoms with Gasteiger partial charge in [0.2, 0.25) is 0 Å². The van der Waals surface area contributed by atoms with Gasteiger partial charge >= 0.3 is 0 Å². The second-order valence-electron chi connectivity index (χ2n) is 2.99. The average Bonchev–Trinajstić information content (AvgIpc) is 2.10. The lowest BCUT2D eigenvalue weighted by atomic mass is 10.2. The summed E-state index contributed by atoms with van der Waals surface area (Å²) >= 11 is 0. The van der Waals surface area contributed by atoms with Gasteiger partial charge in [0.15, 0.2) is 0 Å². The number of hydrogen-bond donors (Lipinski definition) is 2. The van der Waals surface area contributed by atoms with Gasteiger partial charge < -0.3 is 16.4 Å². The molecule has 1 rings (SSSR count). The van der Waals surface area contributed by atoms with Crippen LogP contribution < -0.4 is 16.4 Å². The molecule has 4 N–H and O–H groups in total. The van der Waals surface area contributed by atoms with E-state index in [1.165, 1.54) is 0 Å². The SMILES string of the molecule is CCN(CC)c1ccc(N)cc1N. The van der Waals surface area contributed by atoms with Gasteiger partial charge in [0, 0.05) is 18.8 Å². The minimum atomic E-state index is 0.716. The number of nitrogens with two attached hydrogens (primary N) is 2. The lowest BCUT2D eigenvalue weighted by molar-refractivity contribution is 0.868. The van der Waals surface area contributed by atoms with Gasteiger partial charge in [-0.3, -0.25) is 0 Å². The molecule has 0 heterocycles. The van der Waals surface area contributed by atoms with Crippen LogP contribution in [0.1, 0.15) is 13.8 Å². The topological polar surface area (TPSA) is 55.3 Å². The molecule has 0 atom stereocenters. The monoisotopic (exact) mass is 179 g/mol. The summed E-state index contributed by atoms with van der Waals surface area (Å²) in [7, 11) is 0. The minimum Gasteiger partial charge on any atom is -0.399 e. The Hall–Kier alpha value is -1.38. The van der Waals surface area contributed by atoms with Crippen LogP contribution in [0.15, 0.2) is 18.2 Å². The quantitative estimate of drug-likeness (QED) is 0.694. The molecule has 0 aliphatic heterocycles. The summed E-state index contributed by atoms with van der Waals surface area (Å²) in [5.41, 5.74) is 14.0. The number of rotatable bonds is 3. The highest BCUT2D eigenvalue weighted by Gasteiger charge is 2.05. The molecule has 0 unspecified atom stereocenters. The third-order valence-electron chi connectivity index (χ3n) is 2.16. The predicted molar refractivity (Wildman–Crippen MR) is 58.8 cm³/mol. The lowest BCUT2D eigenvalue weighted by Crippen LogP contribution is -2.22. The molecule has 0 bridgehead atoms. The molecule has 0 amide bonds. The fraction of sp³-hybridized carbons (Fsp3) is 0.400. The fourth-order valence-corrected chi connectivity index (χ4v) is 1.43. The van der Waals surface area contributed by atoms with Crippen molar-refractivity contribution in [2.45, 2.75) is 13.8 Å². The Balaban J connectivity index is 2.99. The fourth-order valence-electron chi connectivity index (χ4n) is 1.43. The molecular formula is C10H17N3. The van der Waals surface area contributed by atoms with E-state index in [4.69, 9.17) is 11.5 Å². The van der Waals surface area contributed by atoms with Crippen LogP contribution in [0.25, 0.3) is 0 Å². The van der Waals surface area contributed by atoms with Crippen molar-refractivity contribution in [2.24, 2.45) is 0 Å². The molecule has 0 aliphatic carbocycles. The van der Waals surface area contributed by atoms with Gasteiger partial charge in [-0.1, -0.05) is 0 Å². The highest BCUT2D eigenvalue weighted by atomic mass is 15.1. The Labute approximate surface area is 79.3 Å². The molecule has 0 aliphatic rings. The van der Waals surface area contributed by atoms with Crippen molar-refractivity contribution in [2.75, 3.05) is 29.5 Å². The lowest BCUT2D eigenvalue weighted by Gasteiger charge is -2.22. The first-order chi connectivity index (χ1) is 6.19. The van der Waals surface area contributed by atoms with Crippen LogP contribution in [0, 0.1) is 0 Å². The molecular weight excluding hydrogens is 162 g/mol. The predicted octanol–water partition coefficient (Wildman–Crippen LogP) is 1.70. The van der Waals surface area contributed by atoms with Gasteiger partial charge in [0.05, 0.1) is 11.4 Å². The molecule has 0 radical (unpaired) electrons. The molecule has 3 nitrogen and oxygen atoms in total. The first-order valence-electron chi connectivity index (χ1n) is 4.59. The molecule has 0 saturated carbocycles. The summed E-state index contributed by atoms with van der Waals surface area (Å²) in [6.07, 6.45) is 0. The smallest absolute Gasteiger partial charge is 0.0601 e. The maximum atomic E-state index is 5.85. The molecule has 0 fully saturated rings. The van der Waals surface area contributed by atoms with E-state index in [2.05, 4.69) is 18.7 Å². The maximum absolute atomic E-state index is 5.85. The first kappa shape index (κ1) is 9.71. The number of nitrogen functional groups attached to an aromatic ring is 2. The van der Waals surface area contributed by atoms with Gasteiger partial charge in [0.1, 0.15) is 0 Å². The van der Waals surface area contributed by atoms with Crippen LogP contribution in [-0.2, 0) is 0 Å². The highest BCUT2D eigenvalue weighted by Crippen LogP contribution is 2.24. The summed E-state index contributed by atoms with van der Waals surface area (Å²) in [6, 6.07) is 5.65. The Morgan fingerprint density at radius 1 is 1.15 bits per heavy atom. The van der Waals surface area contributed by atoms with Crippen molar-refractivity contribution in [3.8, 4) is 0 Å². The van der Waals surface area contributed by atoms with Gasteiger partial charge in [-0.25, -0.2) is 0 Å². The molecule has 1 aromatic carbocycles. The molecule has 1 aromatic rings. The van der Waals surface area contributed by atoms with Crippen molar-refractivity contribution in [3.05, 3.63) is 18.2 Å². The van der Waals surface area contributed by atoms with Gasteiger partial charge in [-0.05, 0) is 32.0 Å². The normalized spacial score (nSPS) is 10.0. The zero-order valence-electron chi connectivity index (χ0n) is 8.25. The van der Waals surface area contributed by atoms with Crippen molar-refractivity contribution >= 4 is 17.1 Å². The molecule has 3 heteroatoms. The summed E-state index contributed by atoms with van der Waals surface area (Å²) in [5.74, 6) is 0. The maximum Gasteiger partial charge on any atom is 0.0601 e. The van der Waals surface area contributed by atoms with E-state index in [0.717, 1.165) is 24.5 Å². The van der Waals surface area contributed by atoms with Crippen LogP contribution in [0.2, 0.25) is 0 Å². The van der Waals surface area contributed by atoms with Gasteiger partial charge in [0.25, 0.3) is 0 Å². The van der Waals surface area contributed by atoms with Crippen LogP contribution in [0.3, 0.4) is 0 Å². The Morgan fingerprint density at radius 3 is 2.23 bits per heavy atom. The van der Waals surface area contributed by atoms with Crippen LogP contribution >= 0.6 is 0 Å². The van der Waals surface area contributed by atoms with E-state index in [0.29, 0.717) is 5.69 Å². The number of anilines is 3. The van der Waals surface area contributed by atoms with Crippen LogP contribution in [0.5, 0.6) is 0 Å². The third kappa shape index (κ3) is 2.05. The van der Waals surface area contributed by atoms with Crippen molar-refractivity contribution < 1.29 is 0 Å². The number of nitrogens with zero attached hydrogens (tertiary/aromatic N) is 1. The largest absolute Gasteiger partial charge is 0.399 e. The minimum absolute atomic E-state index is 0.716. The summed E-state index contributed by atoms with van der Waals surface area (Å²) in [5, 5.41) is 0. The van der Waals surface area contributed by atoms with Gasteiger partial charge in [-0.15, -0.1) is 0 Å². The Bertz CT molecular complexity index is 279. The molecule has 72 valence electrons. The second kappa shape index (κ2) is 4.03. The molecule has 13 heavy (non-hydrogen) atoms. The summed E-state index contributed by atoms with van der Waals surface area (Å²) < 4.78 is 0. The zero-order chi connectivity index (χ0) is 9.84. The Morgan fingerprint density at radius 2 is 1.77 bits per heavy atom. The van der Waals surface area contributed by atoms with Gasteiger partial charge in [-0.2, -0.15) is 0 Å². The number of benzene rings is 1. The van der Waals surface area contributed by atoms with E-state index in [1.54, 1.807) is 6.07 Å². The van der Waals surface area contributed by atoms with Crippen molar-refractivity contribution in [1.29, 1.82) is 0 Å². The third-order valence-corrected chi connectivity index (χ3v) is 2.16. The van der Waals surface area contributed by atoms with Crippen molar-refractivity contribution in [3.63, 3.8) is 0 Å². The molecule has 0 spiro atoms. The van der Waals surface area contributed by atoms with E-state index >= 15 is 0 Å². The average molecular weight is 179 g/mol. The summed E-state index contributed by atoms with van der Waals surface area (Å²) in [4.78, 5) is 2.20. The van der Waals surface area contributed by atoms with Crippen LogP contribution in [0.4, 0.5) is 17.1 Å². The summed E-state index contributed by atoms with van der Waals surface area (Å²) in [6.45, 7) is 6.15. The van der Waals surface area contributed by atoms with E-state index in [-0.39, 0.29) is 0 Å². The van der Waals surface area contributed by atoms with E-state index in [1.807, 2.05) is 12.1 Å². The number of hydrogen-bond acceptors (Lipinski definition) is 3. The molecule has 0 saturated heterocycles. The Kier molecular flexibility index (Phi) is 3.01. The second-order valence-corrected chi connectivity index (χ2v) is 2.99. The zero-order valence-corrected chi connectivity index (χ0v) is 8.25. The highest BCUT2D eigenvalue weighted by molar-refractivity contribution is 5.71. The first-order valence-corrected chi connectivity index (χ1v) is 4.59. The van der Waals surface area contributed by atoms with Crippen LogP contribution in [-0.4, -0.2) is 13.1 Å². The van der Waals surface area contributed by atoms with E-state index < -0.39 is 0 Å².